The second-order valence-electron chi connectivity index (χ2n) is 3.36. The van der Waals surface area contributed by atoms with Crippen LogP contribution in [-0.4, -0.2) is 0 Å². The minimum atomic E-state index is -0.00347. The lowest BCUT2D eigenvalue weighted by Gasteiger charge is -2.02. The van der Waals surface area contributed by atoms with E-state index in [1.165, 1.54) is 0 Å². The van der Waals surface area contributed by atoms with Crippen molar-refractivity contribution in [1.29, 1.82) is 0 Å². The maximum Gasteiger partial charge on any atom is 0.196 e. The summed E-state index contributed by atoms with van der Waals surface area (Å²) in [4.78, 5) is 11.8. The summed E-state index contributed by atoms with van der Waals surface area (Å²) in [5.74, 6) is 0. The molecule has 0 aliphatic heterocycles. The number of hydrogen-bond acceptors (Lipinski definition) is 3. The maximum absolute atomic E-state index is 11.8. The van der Waals surface area contributed by atoms with Crippen molar-refractivity contribution in [1.82, 2.24) is 0 Å². The van der Waals surface area contributed by atoms with Crippen molar-refractivity contribution < 1.29 is 4.42 Å². The molecule has 2 nitrogen and oxygen atoms in total. The van der Waals surface area contributed by atoms with Crippen molar-refractivity contribution >= 4 is 23.6 Å². The van der Waals surface area contributed by atoms with Gasteiger partial charge in [-0.2, -0.15) is 0 Å². The number of fused-ring (bicyclic) bond motifs is 1. The molecule has 0 bridgehead atoms. The fourth-order valence-electron chi connectivity index (χ4n) is 1.38. The third kappa shape index (κ3) is 1.34. The number of rotatable bonds is 0. The Morgan fingerprint density at radius 2 is 2.00 bits per heavy atom. The van der Waals surface area contributed by atoms with Gasteiger partial charge >= 0.3 is 0 Å². The van der Waals surface area contributed by atoms with E-state index in [1.54, 1.807) is 13.0 Å². The lowest BCUT2D eigenvalue weighted by molar-refractivity contribution is 0.494. The van der Waals surface area contributed by atoms with Crippen molar-refractivity contribution in [2.45, 2.75) is 18.9 Å². The molecule has 0 atom stereocenters. The van der Waals surface area contributed by atoms with Gasteiger partial charge in [0.25, 0.3) is 0 Å². The molecule has 1 aromatic heterocycles. The van der Waals surface area contributed by atoms with Gasteiger partial charge in [0.15, 0.2) is 10.5 Å². The summed E-state index contributed by atoms with van der Waals surface area (Å²) in [6.45, 7) is 3.67. The summed E-state index contributed by atoms with van der Waals surface area (Å²) >= 11 is 4.11. The zero-order chi connectivity index (χ0) is 10.3. The Balaban J connectivity index is 2.98. The molecule has 0 fully saturated rings. The summed E-state index contributed by atoms with van der Waals surface area (Å²) in [6, 6.07) is 5.53. The third-order valence-corrected chi connectivity index (χ3v) is 2.68. The average molecular weight is 206 g/mol. The second-order valence-corrected chi connectivity index (χ2v) is 3.77. The molecule has 0 aliphatic rings. The van der Waals surface area contributed by atoms with Crippen LogP contribution in [0.15, 0.2) is 32.5 Å². The minimum Gasteiger partial charge on any atom is -0.450 e. The lowest BCUT2D eigenvalue weighted by Crippen LogP contribution is -2.05. The highest BCUT2D eigenvalue weighted by molar-refractivity contribution is 7.80. The van der Waals surface area contributed by atoms with Gasteiger partial charge in [0, 0.05) is 5.56 Å². The van der Waals surface area contributed by atoms with Crippen molar-refractivity contribution in [3.05, 3.63) is 39.5 Å². The highest BCUT2D eigenvalue weighted by Crippen LogP contribution is 2.18. The molecular formula is C11H10O2S. The van der Waals surface area contributed by atoms with Crippen LogP contribution in [0, 0.1) is 13.8 Å². The molecule has 0 radical (unpaired) electrons. The van der Waals surface area contributed by atoms with Crippen molar-refractivity contribution in [3.63, 3.8) is 0 Å². The predicted molar refractivity (Wildman–Crippen MR) is 59.2 cm³/mol. The first-order valence-electron chi connectivity index (χ1n) is 4.32. The van der Waals surface area contributed by atoms with E-state index in [4.69, 9.17) is 4.42 Å². The fraction of sp³-hybridized carbons (Fsp3) is 0.182. The smallest absolute Gasteiger partial charge is 0.196 e. The molecule has 0 saturated carbocycles. The van der Waals surface area contributed by atoms with E-state index < -0.39 is 0 Å². The summed E-state index contributed by atoms with van der Waals surface area (Å²) < 4.78 is 5.42. The number of hydrogen-bond donors (Lipinski definition) is 1. The Morgan fingerprint density at radius 1 is 1.29 bits per heavy atom. The quantitative estimate of drug-likeness (QED) is 0.672. The molecule has 1 aromatic carbocycles. The molecule has 2 aromatic rings. The van der Waals surface area contributed by atoms with Crippen molar-refractivity contribution in [2.24, 2.45) is 0 Å². The second kappa shape index (κ2) is 3.17. The maximum atomic E-state index is 11.8. The summed E-state index contributed by atoms with van der Waals surface area (Å²) in [7, 11) is 0. The van der Waals surface area contributed by atoms with Crippen LogP contribution in [0.1, 0.15) is 11.1 Å². The molecule has 3 heteroatoms. The van der Waals surface area contributed by atoms with Crippen LogP contribution in [0.4, 0.5) is 0 Å². The number of benzene rings is 1. The first-order chi connectivity index (χ1) is 6.59. The topological polar surface area (TPSA) is 30.2 Å². The van der Waals surface area contributed by atoms with E-state index in [1.807, 2.05) is 19.1 Å². The van der Waals surface area contributed by atoms with Gasteiger partial charge in [0.2, 0.25) is 0 Å². The molecule has 14 heavy (non-hydrogen) atoms. The largest absolute Gasteiger partial charge is 0.450 e. The van der Waals surface area contributed by atoms with E-state index in [0.29, 0.717) is 21.6 Å². The van der Waals surface area contributed by atoms with Crippen LogP contribution >= 0.6 is 12.6 Å². The van der Waals surface area contributed by atoms with Gasteiger partial charge in [-0.3, -0.25) is 4.79 Å². The molecule has 1 heterocycles. The Labute approximate surface area is 87.0 Å². The van der Waals surface area contributed by atoms with Crippen LogP contribution in [0.2, 0.25) is 0 Å². The normalized spacial score (nSPS) is 10.8. The molecule has 0 aliphatic carbocycles. The molecule has 0 amide bonds. The van der Waals surface area contributed by atoms with Crippen molar-refractivity contribution in [2.75, 3.05) is 0 Å². The van der Waals surface area contributed by atoms with E-state index in [-0.39, 0.29) is 5.43 Å². The fourth-order valence-corrected chi connectivity index (χ4v) is 1.58. The predicted octanol–water partition coefficient (Wildman–Crippen LogP) is 2.70. The Kier molecular flexibility index (Phi) is 2.11. The molecule has 72 valence electrons. The standard InChI is InChI=1S/C11H10O2S/c1-6-3-4-8-9(5-6)13-11(14)7(2)10(8)12/h3-5,14H,1-2H3. The van der Waals surface area contributed by atoms with Crippen LogP contribution < -0.4 is 5.43 Å². The van der Waals surface area contributed by atoms with Crippen LogP contribution in [0.3, 0.4) is 0 Å². The van der Waals surface area contributed by atoms with E-state index in [2.05, 4.69) is 12.6 Å². The number of aryl methyl sites for hydroxylation is 1. The molecule has 0 unspecified atom stereocenters. The molecule has 0 N–H and O–H groups in total. The molecular weight excluding hydrogens is 196 g/mol. The minimum absolute atomic E-state index is 0.00347. The first-order valence-corrected chi connectivity index (χ1v) is 4.77. The number of thiol groups is 1. The van der Waals surface area contributed by atoms with Crippen LogP contribution in [0.5, 0.6) is 0 Å². The zero-order valence-electron chi connectivity index (χ0n) is 8.00. The first kappa shape index (κ1) is 9.34. The van der Waals surface area contributed by atoms with E-state index in [0.717, 1.165) is 5.56 Å². The van der Waals surface area contributed by atoms with E-state index >= 15 is 0 Å². The SMILES string of the molecule is Cc1ccc2c(=O)c(C)c(S)oc2c1. The summed E-state index contributed by atoms with van der Waals surface area (Å²) in [5.41, 5.74) is 2.23. The summed E-state index contributed by atoms with van der Waals surface area (Å²) in [5, 5.41) is 1.01. The van der Waals surface area contributed by atoms with Gasteiger partial charge in [0.1, 0.15) is 5.58 Å². The highest BCUT2D eigenvalue weighted by atomic mass is 32.1. The Bertz CT molecular complexity index is 555. The third-order valence-electron chi connectivity index (χ3n) is 2.25. The average Bonchev–Trinajstić information content (AvgIpc) is 2.14. The zero-order valence-corrected chi connectivity index (χ0v) is 8.89. The molecule has 0 saturated heterocycles. The van der Waals surface area contributed by atoms with Crippen molar-refractivity contribution in [3.8, 4) is 0 Å². The van der Waals surface area contributed by atoms with Crippen LogP contribution in [0.25, 0.3) is 11.0 Å². The molecule has 0 spiro atoms. The monoisotopic (exact) mass is 206 g/mol. The van der Waals surface area contributed by atoms with Gasteiger partial charge in [-0.25, -0.2) is 0 Å². The van der Waals surface area contributed by atoms with Gasteiger partial charge in [-0.1, -0.05) is 6.07 Å². The summed E-state index contributed by atoms with van der Waals surface area (Å²) in [6.07, 6.45) is 0. The van der Waals surface area contributed by atoms with Gasteiger partial charge < -0.3 is 4.42 Å². The van der Waals surface area contributed by atoms with Gasteiger partial charge in [0.05, 0.1) is 5.39 Å². The van der Waals surface area contributed by atoms with Crippen LogP contribution in [-0.2, 0) is 0 Å². The lowest BCUT2D eigenvalue weighted by atomic mass is 10.1. The van der Waals surface area contributed by atoms with Gasteiger partial charge in [-0.05, 0) is 31.5 Å². The molecule has 2 rings (SSSR count). The van der Waals surface area contributed by atoms with E-state index in [9.17, 15) is 4.79 Å². The highest BCUT2D eigenvalue weighted by Gasteiger charge is 2.07. The Hall–Kier alpha value is -1.22. The van der Waals surface area contributed by atoms with Gasteiger partial charge in [-0.15, -0.1) is 12.6 Å². The Morgan fingerprint density at radius 3 is 2.71 bits per heavy atom.